The van der Waals surface area contributed by atoms with E-state index >= 15 is 0 Å². The Morgan fingerprint density at radius 1 is 1.22 bits per heavy atom. The van der Waals surface area contributed by atoms with Gasteiger partial charge in [-0.05, 0) is 24.5 Å². The largest absolute Gasteiger partial charge is 0.478 e. The third-order valence-electron chi connectivity index (χ3n) is 3.53. The molecule has 1 amide bonds. The molecule has 23 heavy (non-hydrogen) atoms. The molecule has 116 valence electrons. The van der Waals surface area contributed by atoms with Crippen molar-refractivity contribution in [3.63, 3.8) is 0 Å². The van der Waals surface area contributed by atoms with Crippen LogP contribution in [0.1, 0.15) is 15.9 Å². The number of amides is 1. The van der Waals surface area contributed by atoms with Gasteiger partial charge in [0.25, 0.3) is 5.91 Å². The number of carboxylic acids is 1. The van der Waals surface area contributed by atoms with E-state index in [0.29, 0.717) is 5.69 Å². The molecule has 0 unspecified atom stereocenters. The number of hydrogen-bond donors (Lipinski definition) is 1. The zero-order valence-corrected chi connectivity index (χ0v) is 12.9. The molecule has 0 fully saturated rings. The zero-order valence-electron chi connectivity index (χ0n) is 12.1. The van der Waals surface area contributed by atoms with Crippen LogP contribution in [0, 0.1) is 5.82 Å². The van der Waals surface area contributed by atoms with E-state index in [4.69, 9.17) is 5.11 Å². The van der Waals surface area contributed by atoms with Crippen molar-refractivity contribution in [2.75, 3.05) is 11.2 Å². The van der Waals surface area contributed by atoms with Gasteiger partial charge in [0.1, 0.15) is 5.82 Å². The lowest BCUT2D eigenvalue weighted by Crippen LogP contribution is -2.24. The minimum atomic E-state index is -1.20. The monoisotopic (exact) mass is 329 g/mol. The molecule has 1 heterocycles. The number of para-hydroxylation sites is 1. The molecule has 1 aliphatic heterocycles. The average molecular weight is 329 g/mol. The number of rotatable bonds is 3. The third kappa shape index (κ3) is 2.51. The van der Waals surface area contributed by atoms with Crippen LogP contribution in [0.25, 0.3) is 5.70 Å². The molecule has 3 rings (SSSR count). The summed E-state index contributed by atoms with van der Waals surface area (Å²) in [5, 5.41) is 9.13. The molecule has 0 aliphatic carbocycles. The number of halogens is 1. The lowest BCUT2D eigenvalue weighted by Gasteiger charge is -2.20. The molecule has 6 heteroatoms. The van der Waals surface area contributed by atoms with Crippen LogP contribution in [0.4, 0.5) is 10.1 Å². The van der Waals surface area contributed by atoms with E-state index in [1.54, 1.807) is 18.2 Å². The Labute approximate surface area is 136 Å². The highest BCUT2D eigenvalue weighted by Gasteiger charge is 2.37. The molecule has 1 aliphatic rings. The lowest BCUT2D eigenvalue weighted by molar-refractivity contribution is -0.131. The maximum absolute atomic E-state index is 14.1. The second kappa shape index (κ2) is 5.89. The van der Waals surface area contributed by atoms with Crippen LogP contribution in [0.3, 0.4) is 0 Å². The number of carbonyl (C=O) groups excluding carboxylic acids is 1. The first-order valence-corrected chi connectivity index (χ1v) is 7.98. The first-order valence-electron chi connectivity index (χ1n) is 6.75. The fraction of sp³-hybridized carbons (Fsp3) is 0.0588. The van der Waals surface area contributed by atoms with Gasteiger partial charge in [-0.2, -0.15) is 0 Å². The predicted octanol–water partition coefficient (Wildman–Crippen LogP) is 3.63. The second-order valence-corrected chi connectivity index (χ2v) is 5.69. The number of carboxylic acid groups (broad SMARTS) is 1. The van der Waals surface area contributed by atoms with E-state index in [9.17, 15) is 14.0 Å². The molecule has 0 saturated carbocycles. The number of thioether (sulfide) groups is 1. The molecule has 2 aromatic rings. The average Bonchev–Trinajstić information content (AvgIpc) is 2.80. The molecule has 1 N–H and O–H groups in total. The summed E-state index contributed by atoms with van der Waals surface area (Å²) in [6.45, 7) is 0. The van der Waals surface area contributed by atoms with Gasteiger partial charge < -0.3 is 5.11 Å². The van der Waals surface area contributed by atoms with Crippen molar-refractivity contribution in [3.05, 3.63) is 65.5 Å². The van der Waals surface area contributed by atoms with Crippen molar-refractivity contribution in [2.45, 2.75) is 4.90 Å². The topological polar surface area (TPSA) is 57.6 Å². The maximum atomic E-state index is 14.1. The molecule has 0 bridgehead atoms. The summed E-state index contributed by atoms with van der Waals surface area (Å²) >= 11 is 1.43. The SMILES string of the molecule is CSc1ccccc1N1C(=O)c2c(F)cccc2/C1=C\C(=O)O. The van der Waals surface area contributed by atoms with Crippen molar-refractivity contribution in [3.8, 4) is 0 Å². The van der Waals surface area contributed by atoms with Crippen LogP contribution in [-0.2, 0) is 4.79 Å². The van der Waals surface area contributed by atoms with Gasteiger partial charge in [-0.1, -0.05) is 24.3 Å². The third-order valence-corrected chi connectivity index (χ3v) is 4.32. The van der Waals surface area contributed by atoms with E-state index in [-0.39, 0.29) is 16.8 Å². The molecular weight excluding hydrogens is 317 g/mol. The highest BCUT2D eigenvalue weighted by atomic mass is 32.2. The van der Waals surface area contributed by atoms with Gasteiger partial charge in [0, 0.05) is 16.5 Å². The first-order chi connectivity index (χ1) is 11.0. The van der Waals surface area contributed by atoms with Gasteiger partial charge in [-0.3, -0.25) is 9.69 Å². The summed E-state index contributed by atoms with van der Waals surface area (Å²) in [6, 6.07) is 11.3. The first kappa shape index (κ1) is 15.3. The highest BCUT2D eigenvalue weighted by molar-refractivity contribution is 7.98. The smallest absolute Gasteiger partial charge is 0.330 e. The van der Waals surface area contributed by atoms with Crippen LogP contribution < -0.4 is 4.90 Å². The van der Waals surface area contributed by atoms with Gasteiger partial charge in [0.15, 0.2) is 0 Å². The number of carbonyl (C=O) groups is 2. The van der Waals surface area contributed by atoms with E-state index in [0.717, 1.165) is 11.0 Å². The summed E-state index contributed by atoms with van der Waals surface area (Å²) in [7, 11) is 0. The van der Waals surface area contributed by atoms with Gasteiger partial charge in [0.2, 0.25) is 0 Å². The van der Waals surface area contributed by atoms with E-state index in [2.05, 4.69) is 0 Å². The van der Waals surface area contributed by atoms with Crippen molar-refractivity contribution in [1.82, 2.24) is 0 Å². The Hall–Kier alpha value is -2.60. The minimum Gasteiger partial charge on any atom is -0.478 e. The fourth-order valence-corrected chi connectivity index (χ4v) is 3.19. The van der Waals surface area contributed by atoms with Crippen LogP contribution in [-0.4, -0.2) is 23.2 Å². The molecule has 0 saturated heterocycles. The Bertz CT molecular complexity index is 847. The number of hydrogen-bond acceptors (Lipinski definition) is 3. The second-order valence-electron chi connectivity index (χ2n) is 4.84. The van der Waals surface area contributed by atoms with Crippen LogP contribution in [0.5, 0.6) is 0 Å². The van der Waals surface area contributed by atoms with E-state index in [1.165, 1.54) is 28.8 Å². The Morgan fingerprint density at radius 2 is 1.96 bits per heavy atom. The number of benzene rings is 2. The maximum Gasteiger partial charge on any atom is 0.330 e. The summed E-state index contributed by atoms with van der Waals surface area (Å²) in [5.41, 5.74) is 0.885. The minimum absolute atomic E-state index is 0.101. The van der Waals surface area contributed by atoms with Crippen molar-refractivity contribution in [2.24, 2.45) is 0 Å². The van der Waals surface area contributed by atoms with E-state index < -0.39 is 17.7 Å². The summed E-state index contributed by atoms with van der Waals surface area (Å²) < 4.78 is 14.1. The van der Waals surface area contributed by atoms with Crippen molar-refractivity contribution < 1.29 is 19.1 Å². The van der Waals surface area contributed by atoms with Crippen LogP contribution in [0.15, 0.2) is 53.4 Å². The molecule has 4 nitrogen and oxygen atoms in total. The molecule has 0 aromatic heterocycles. The fourth-order valence-electron chi connectivity index (χ4n) is 2.61. The van der Waals surface area contributed by atoms with Crippen molar-refractivity contribution in [1.29, 1.82) is 0 Å². The van der Waals surface area contributed by atoms with Crippen LogP contribution >= 0.6 is 11.8 Å². The predicted molar refractivity (Wildman–Crippen MR) is 87.0 cm³/mol. The molecular formula is C17H12FNO3S. The van der Waals surface area contributed by atoms with Gasteiger partial charge >= 0.3 is 5.97 Å². The van der Waals surface area contributed by atoms with Gasteiger partial charge in [0.05, 0.1) is 16.9 Å². The Kier molecular flexibility index (Phi) is 3.92. The van der Waals surface area contributed by atoms with Gasteiger partial charge in [-0.25, -0.2) is 9.18 Å². The number of nitrogens with zero attached hydrogens (tertiary/aromatic N) is 1. The van der Waals surface area contributed by atoms with Crippen LogP contribution in [0.2, 0.25) is 0 Å². The van der Waals surface area contributed by atoms with Crippen molar-refractivity contribution >= 4 is 35.0 Å². The standard InChI is InChI=1S/C17H12FNO3S/c1-23-14-8-3-2-7-12(14)19-13(9-15(20)21)10-5-4-6-11(18)16(10)17(19)22/h2-9H,1H3,(H,20,21)/b13-9+. The van der Waals surface area contributed by atoms with E-state index in [1.807, 2.05) is 18.4 Å². The summed E-state index contributed by atoms with van der Waals surface area (Å²) in [4.78, 5) is 25.9. The summed E-state index contributed by atoms with van der Waals surface area (Å²) in [6.07, 6.45) is 2.79. The number of anilines is 1. The molecule has 0 spiro atoms. The quantitative estimate of drug-likeness (QED) is 0.690. The molecule has 0 radical (unpaired) electrons. The molecule has 0 atom stereocenters. The Balaban J connectivity index is 2.27. The lowest BCUT2D eigenvalue weighted by atomic mass is 10.1. The summed E-state index contributed by atoms with van der Waals surface area (Å²) in [5.74, 6) is -2.42. The van der Waals surface area contributed by atoms with Gasteiger partial charge in [-0.15, -0.1) is 11.8 Å². The Morgan fingerprint density at radius 3 is 2.65 bits per heavy atom. The molecule has 2 aromatic carbocycles. The highest BCUT2D eigenvalue weighted by Crippen LogP contribution is 2.41. The number of fused-ring (bicyclic) bond motifs is 1. The normalized spacial score (nSPS) is 15.1. The number of aliphatic carboxylic acids is 1. The zero-order chi connectivity index (χ0) is 16.6.